The van der Waals surface area contributed by atoms with Crippen molar-refractivity contribution in [3.05, 3.63) is 60.2 Å². The van der Waals surface area contributed by atoms with Crippen LogP contribution in [0.2, 0.25) is 0 Å². The summed E-state index contributed by atoms with van der Waals surface area (Å²) in [5, 5.41) is 2.40. The Balaban J connectivity index is 1.48. The van der Waals surface area contributed by atoms with Crippen LogP contribution in [-0.4, -0.2) is 29.4 Å². The highest BCUT2D eigenvalue weighted by Gasteiger charge is 2.36. The Morgan fingerprint density at radius 1 is 1.04 bits per heavy atom. The maximum absolute atomic E-state index is 12.7. The monoisotopic (exact) mass is 376 g/mol. The zero-order chi connectivity index (χ0) is 18.9. The summed E-state index contributed by atoms with van der Waals surface area (Å²) in [5.41, 5.74) is 4.85. The number of pyridine rings is 2. The summed E-state index contributed by atoms with van der Waals surface area (Å²) >= 11 is 0. The van der Waals surface area contributed by atoms with E-state index in [0.717, 1.165) is 37.1 Å². The van der Waals surface area contributed by atoms with E-state index in [-0.39, 0.29) is 6.67 Å². The number of hydrogen-bond donors (Lipinski definition) is 0. The molecule has 0 spiro atoms. The molecule has 2 aromatic heterocycles. The lowest BCUT2D eigenvalue weighted by Gasteiger charge is -2.22. The van der Waals surface area contributed by atoms with Crippen LogP contribution in [0.15, 0.2) is 48.9 Å². The molecule has 3 aromatic rings. The van der Waals surface area contributed by atoms with E-state index in [2.05, 4.69) is 39.0 Å². The molecule has 3 heterocycles. The number of nitrogens with zero attached hydrogens (tertiary/aromatic N) is 4. The number of alkyl halides is 1. The fourth-order valence-electron chi connectivity index (χ4n) is 4.29. The summed E-state index contributed by atoms with van der Waals surface area (Å²) in [6.45, 7) is 1.40. The summed E-state index contributed by atoms with van der Waals surface area (Å²) in [6, 6.07) is 11.2. The molecule has 1 fully saturated rings. The van der Waals surface area contributed by atoms with Gasteiger partial charge in [0.2, 0.25) is 0 Å². The number of unbranched alkanes of at least 4 members (excludes halogenated alkanes) is 1. The van der Waals surface area contributed by atoms with Crippen LogP contribution in [0.25, 0.3) is 10.8 Å². The molecular formula is C23H25FN4. The van der Waals surface area contributed by atoms with Gasteiger partial charge in [-0.05, 0) is 49.1 Å². The Hall–Kier alpha value is -2.69. The highest BCUT2D eigenvalue weighted by molar-refractivity contribution is 5.86. The van der Waals surface area contributed by atoms with Gasteiger partial charge in [0, 0.05) is 23.8 Å². The van der Waals surface area contributed by atoms with Gasteiger partial charge < -0.3 is 9.80 Å². The second-order valence-corrected chi connectivity index (χ2v) is 7.82. The first-order chi connectivity index (χ1) is 13.8. The second kappa shape index (κ2) is 7.38. The smallest absolute Gasteiger partial charge is 0.0911 e. The van der Waals surface area contributed by atoms with Gasteiger partial charge >= 0.3 is 0 Å². The van der Waals surface area contributed by atoms with Crippen LogP contribution in [0.5, 0.6) is 0 Å². The largest absolute Gasteiger partial charge is 0.349 e. The lowest BCUT2D eigenvalue weighted by Crippen LogP contribution is -2.32. The normalized spacial score (nSPS) is 16.0. The molecule has 5 rings (SSSR count). The van der Waals surface area contributed by atoms with Crippen LogP contribution in [0.4, 0.5) is 15.8 Å². The molecule has 5 heteroatoms. The average molecular weight is 376 g/mol. The Morgan fingerprint density at radius 2 is 1.93 bits per heavy atom. The van der Waals surface area contributed by atoms with Crippen LogP contribution < -0.4 is 9.80 Å². The quantitative estimate of drug-likeness (QED) is 0.551. The Labute approximate surface area is 165 Å². The van der Waals surface area contributed by atoms with Gasteiger partial charge in [-0.1, -0.05) is 24.3 Å². The Kier molecular flexibility index (Phi) is 4.59. The highest BCUT2D eigenvalue weighted by Crippen LogP contribution is 2.42. The molecule has 1 aromatic carbocycles. The van der Waals surface area contributed by atoms with Gasteiger partial charge in [-0.3, -0.25) is 14.4 Å². The predicted molar refractivity (Wildman–Crippen MR) is 111 cm³/mol. The molecule has 0 N–H and O–H groups in total. The van der Waals surface area contributed by atoms with Crippen molar-refractivity contribution in [2.45, 2.75) is 44.7 Å². The van der Waals surface area contributed by atoms with Crippen LogP contribution >= 0.6 is 0 Å². The van der Waals surface area contributed by atoms with E-state index in [1.54, 1.807) is 0 Å². The summed E-state index contributed by atoms with van der Waals surface area (Å²) in [4.78, 5) is 14.1. The highest BCUT2D eigenvalue weighted by atomic mass is 19.1. The summed E-state index contributed by atoms with van der Waals surface area (Å²) in [5.74, 6) is 0. The van der Waals surface area contributed by atoms with Crippen molar-refractivity contribution < 1.29 is 4.39 Å². The maximum atomic E-state index is 12.7. The molecular weight excluding hydrogens is 351 g/mol. The fourth-order valence-corrected chi connectivity index (χ4v) is 4.29. The van der Waals surface area contributed by atoms with Crippen LogP contribution in [0.1, 0.15) is 36.9 Å². The van der Waals surface area contributed by atoms with Gasteiger partial charge in [-0.2, -0.15) is 0 Å². The maximum Gasteiger partial charge on any atom is 0.0911 e. The van der Waals surface area contributed by atoms with Crippen molar-refractivity contribution in [1.82, 2.24) is 9.97 Å². The van der Waals surface area contributed by atoms with Crippen LogP contribution in [0, 0.1) is 0 Å². The number of halogens is 1. The molecule has 0 unspecified atom stereocenters. The van der Waals surface area contributed by atoms with Crippen molar-refractivity contribution in [3.63, 3.8) is 0 Å². The minimum Gasteiger partial charge on any atom is -0.349 e. The summed E-state index contributed by atoms with van der Waals surface area (Å²) in [7, 11) is 0. The van der Waals surface area contributed by atoms with Gasteiger partial charge in [0.25, 0.3) is 0 Å². The molecule has 28 heavy (non-hydrogen) atoms. The number of hydrogen-bond acceptors (Lipinski definition) is 4. The van der Waals surface area contributed by atoms with Crippen molar-refractivity contribution in [1.29, 1.82) is 0 Å². The third kappa shape index (κ3) is 3.19. The topological polar surface area (TPSA) is 32.3 Å². The molecule has 144 valence electrons. The minimum absolute atomic E-state index is 0.255. The number of benzene rings is 1. The van der Waals surface area contributed by atoms with E-state index < -0.39 is 0 Å². The Bertz CT molecular complexity index is 985. The van der Waals surface area contributed by atoms with Gasteiger partial charge in [0.15, 0.2) is 0 Å². The number of aromatic nitrogens is 2. The molecule has 4 nitrogen and oxygen atoms in total. The van der Waals surface area contributed by atoms with Crippen molar-refractivity contribution >= 4 is 22.1 Å². The first-order valence-corrected chi connectivity index (χ1v) is 10.2. The average Bonchev–Trinajstić information content (AvgIpc) is 3.52. The SMILES string of the molecule is FCCCCc1c(CN2CN(C3CC3)c3ccncc32)ncc2ccccc12. The molecule has 0 bridgehead atoms. The molecule has 0 saturated heterocycles. The van der Waals surface area contributed by atoms with Gasteiger partial charge in [0.1, 0.15) is 0 Å². The zero-order valence-electron chi connectivity index (χ0n) is 16.0. The molecule has 2 aliphatic rings. The van der Waals surface area contributed by atoms with E-state index in [1.807, 2.05) is 24.7 Å². The number of fused-ring (bicyclic) bond motifs is 2. The lowest BCUT2D eigenvalue weighted by atomic mass is 9.99. The minimum atomic E-state index is -0.255. The van der Waals surface area contributed by atoms with Crippen molar-refractivity contribution in [3.8, 4) is 0 Å². The second-order valence-electron chi connectivity index (χ2n) is 7.82. The molecule has 1 aliphatic heterocycles. The van der Waals surface area contributed by atoms with Crippen LogP contribution in [0.3, 0.4) is 0 Å². The van der Waals surface area contributed by atoms with E-state index in [0.29, 0.717) is 12.5 Å². The number of rotatable bonds is 7. The standard InChI is InChI=1S/C23H25FN4/c24-11-4-3-7-20-19-6-2-1-5-17(19)13-26-21(20)15-27-16-28(18-8-9-18)22-10-12-25-14-23(22)27/h1-2,5-6,10,12-14,18H,3-4,7-9,11,15-16H2. The van der Waals surface area contributed by atoms with Crippen molar-refractivity contribution in [2.75, 3.05) is 23.1 Å². The summed E-state index contributed by atoms with van der Waals surface area (Å²) < 4.78 is 12.7. The molecule has 0 atom stereocenters. The molecule has 1 saturated carbocycles. The zero-order valence-corrected chi connectivity index (χ0v) is 16.0. The van der Waals surface area contributed by atoms with E-state index >= 15 is 0 Å². The third-order valence-electron chi connectivity index (χ3n) is 5.88. The summed E-state index contributed by atoms with van der Waals surface area (Å²) in [6.07, 6.45) is 10.7. The van der Waals surface area contributed by atoms with Crippen LogP contribution in [-0.2, 0) is 13.0 Å². The first kappa shape index (κ1) is 17.4. The van der Waals surface area contributed by atoms with Gasteiger partial charge in [0.05, 0.1) is 43.2 Å². The molecule has 0 radical (unpaired) electrons. The number of anilines is 2. The predicted octanol–water partition coefficient (Wildman–Crippen LogP) is 4.87. The lowest BCUT2D eigenvalue weighted by molar-refractivity contribution is 0.462. The molecule has 0 amide bonds. The molecule has 1 aliphatic carbocycles. The van der Waals surface area contributed by atoms with E-state index in [1.165, 1.54) is 35.2 Å². The van der Waals surface area contributed by atoms with Crippen molar-refractivity contribution in [2.24, 2.45) is 0 Å². The van der Waals surface area contributed by atoms with Gasteiger partial charge in [-0.25, -0.2) is 0 Å². The first-order valence-electron chi connectivity index (χ1n) is 10.2. The van der Waals surface area contributed by atoms with Gasteiger partial charge in [-0.15, -0.1) is 0 Å². The van der Waals surface area contributed by atoms with E-state index in [4.69, 9.17) is 4.98 Å². The number of aryl methyl sites for hydroxylation is 1. The third-order valence-corrected chi connectivity index (χ3v) is 5.88. The van der Waals surface area contributed by atoms with E-state index in [9.17, 15) is 4.39 Å². The fraction of sp³-hybridized carbons (Fsp3) is 0.391. The Morgan fingerprint density at radius 3 is 2.79 bits per heavy atom.